The molecule has 108 valence electrons. The van der Waals surface area contributed by atoms with Gasteiger partial charge in [0.05, 0.1) is 23.4 Å². The molecular formula is C14H11ClN2O4. The average molecular weight is 307 g/mol. The number of hydrogen-bond acceptors (Lipinski definition) is 4. The SMILES string of the molecule is COC(=O)c1ccccc1NC(=O)c1cc(Cl)c[nH]c1=O. The highest BCUT2D eigenvalue weighted by atomic mass is 35.5. The first-order valence-corrected chi connectivity index (χ1v) is 6.27. The van der Waals surface area contributed by atoms with E-state index in [-0.39, 0.29) is 21.8 Å². The van der Waals surface area contributed by atoms with E-state index in [1.165, 1.54) is 31.5 Å². The summed E-state index contributed by atoms with van der Waals surface area (Å²) in [6.07, 6.45) is 1.28. The third kappa shape index (κ3) is 3.29. The molecular weight excluding hydrogens is 296 g/mol. The normalized spacial score (nSPS) is 10.0. The number of aromatic amines is 1. The van der Waals surface area contributed by atoms with Crippen LogP contribution in [0.4, 0.5) is 5.69 Å². The molecule has 2 rings (SSSR count). The number of hydrogen-bond donors (Lipinski definition) is 2. The number of nitrogens with one attached hydrogen (secondary N) is 2. The van der Waals surface area contributed by atoms with Crippen LogP contribution in [0.25, 0.3) is 0 Å². The quantitative estimate of drug-likeness (QED) is 0.850. The second kappa shape index (κ2) is 6.23. The monoisotopic (exact) mass is 306 g/mol. The van der Waals surface area contributed by atoms with E-state index < -0.39 is 17.4 Å². The van der Waals surface area contributed by atoms with E-state index in [2.05, 4.69) is 15.0 Å². The number of pyridine rings is 1. The highest BCUT2D eigenvalue weighted by Gasteiger charge is 2.16. The molecule has 0 aliphatic carbocycles. The van der Waals surface area contributed by atoms with Gasteiger partial charge in [0.25, 0.3) is 11.5 Å². The number of carbonyl (C=O) groups excluding carboxylic acids is 2. The second-order valence-electron chi connectivity index (χ2n) is 4.05. The van der Waals surface area contributed by atoms with Crippen LogP contribution in [-0.4, -0.2) is 24.0 Å². The summed E-state index contributed by atoms with van der Waals surface area (Å²) >= 11 is 5.74. The molecule has 1 aromatic carbocycles. The summed E-state index contributed by atoms with van der Waals surface area (Å²) in [6.45, 7) is 0. The number of H-pyrrole nitrogens is 1. The molecule has 2 aromatic rings. The molecule has 7 heteroatoms. The summed E-state index contributed by atoms with van der Waals surface area (Å²) in [4.78, 5) is 37.7. The maximum absolute atomic E-state index is 12.1. The van der Waals surface area contributed by atoms with E-state index >= 15 is 0 Å². The Morgan fingerprint density at radius 3 is 2.67 bits per heavy atom. The van der Waals surface area contributed by atoms with Crippen LogP contribution < -0.4 is 10.9 Å². The summed E-state index contributed by atoms with van der Waals surface area (Å²) in [5.74, 6) is -1.26. The lowest BCUT2D eigenvalue weighted by Gasteiger charge is -2.09. The first-order valence-electron chi connectivity index (χ1n) is 5.90. The first-order chi connectivity index (χ1) is 10.0. The van der Waals surface area contributed by atoms with E-state index in [1.54, 1.807) is 12.1 Å². The van der Waals surface area contributed by atoms with Crippen molar-refractivity contribution in [1.82, 2.24) is 4.98 Å². The van der Waals surface area contributed by atoms with Gasteiger partial charge in [0.1, 0.15) is 5.56 Å². The molecule has 0 radical (unpaired) electrons. The van der Waals surface area contributed by atoms with Gasteiger partial charge in [-0.1, -0.05) is 23.7 Å². The van der Waals surface area contributed by atoms with Crippen molar-refractivity contribution in [2.24, 2.45) is 0 Å². The van der Waals surface area contributed by atoms with E-state index in [9.17, 15) is 14.4 Å². The number of amides is 1. The van der Waals surface area contributed by atoms with Crippen LogP contribution in [-0.2, 0) is 4.74 Å². The lowest BCUT2D eigenvalue weighted by molar-refractivity contribution is 0.0602. The topological polar surface area (TPSA) is 88.3 Å². The van der Waals surface area contributed by atoms with Gasteiger partial charge in [-0.15, -0.1) is 0 Å². The van der Waals surface area contributed by atoms with Crippen molar-refractivity contribution < 1.29 is 14.3 Å². The number of rotatable bonds is 3. The molecule has 0 fully saturated rings. The molecule has 21 heavy (non-hydrogen) atoms. The largest absolute Gasteiger partial charge is 0.465 e. The van der Waals surface area contributed by atoms with Crippen molar-refractivity contribution in [2.75, 3.05) is 12.4 Å². The Morgan fingerprint density at radius 2 is 1.95 bits per heavy atom. The van der Waals surface area contributed by atoms with Crippen molar-refractivity contribution in [2.45, 2.75) is 0 Å². The summed E-state index contributed by atoms with van der Waals surface area (Å²) in [5.41, 5.74) is -0.296. The third-order valence-corrected chi connectivity index (χ3v) is 2.91. The van der Waals surface area contributed by atoms with E-state index in [0.29, 0.717) is 0 Å². The van der Waals surface area contributed by atoms with Crippen molar-refractivity contribution in [3.05, 3.63) is 63.0 Å². The van der Waals surface area contributed by atoms with Gasteiger partial charge in [0.2, 0.25) is 0 Å². The van der Waals surface area contributed by atoms with Gasteiger partial charge in [-0.2, -0.15) is 0 Å². The van der Waals surface area contributed by atoms with Crippen molar-refractivity contribution >= 4 is 29.2 Å². The zero-order valence-corrected chi connectivity index (χ0v) is 11.7. The van der Waals surface area contributed by atoms with Crippen molar-refractivity contribution in [3.8, 4) is 0 Å². The van der Waals surface area contributed by atoms with Gasteiger partial charge in [-0.3, -0.25) is 9.59 Å². The molecule has 0 spiro atoms. The number of benzene rings is 1. The van der Waals surface area contributed by atoms with Gasteiger partial charge < -0.3 is 15.0 Å². The second-order valence-corrected chi connectivity index (χ2v) is 4.49. The third-order valence-electron chi connectivity index (χ3n) is 2.69. The number of carbonyl (C=O) groups is 2. The summed E-state index contributed by atoms with van der Waals surface area (Å²) in [7, 11) is 1.24. The fourth-order valence-corrected chi connectivity index (χ4v) is 1.86. The van der Waals surface area contributed by atoms with Crippen LogP contribution in [0.15, 0.2) is 41.3 Å². The number of anilines is 1. The molecule has 2 N–H and O–H groups in total. The van der Waals surface area contributed by atoms with Crippen LogP contribution >= 0.6 is 11.6 Å². The van der Waals surface area contributed by atoms with Crippen molar-refractivity contribution in [3.63, 3.8) is 0 Å². The Labute approximate surface area is 124 Å². The Kier molecular flexibility index (Phi) is 4.39. The fraction of sp³-hybridized carbons (Fsp3) is 0.0714. The first kappa shape index (κ1) is 14.8. The van der Waals surface area contributed by atoms with Gasteiger partial charge in [0.15, 0.2) is 0 Å². The minimum absolute atomic E-state index is 0.151. The minimum atomic E-state index is -0.671. The molecule has 0 aliphatic rings. The molecule has 1 heterocycles. The van der Waals surface area contributed by atoms with Gasteiger partial charge in [-0.05, 0) is 18.2 Å². The summed E-state index contributed by atoms with van der Waals surface area (Å²) in [5, 5.41) is 2.71. The molecule has 0 unspecified atom stereocenters. The van der Waals surface area contributed by atoms with E-state index in [0.717, 1.165) is 0 Å². The minimum Gasteiger partial charge on any atom is -0.465 e. The van der Waals surface area contributed by atoms with Crippen LogP contribution in [0.3, 0.4) is 0 Å². The zero-order valence-electron chi connectivity index (χ0n) is 11.0. The Morgan fingerprint density at radius 1 is 1.24 bits per heavy atom. The fourth-order valence-electron chi connectivity index (χ4n) is 1.70. The predicted molar refractivity (Wildman–Crippen MR) is 77.8 cm³/mol. The molecule has 0 aliphatic heterocycles. The lowest BCUT2D eigenvalue weighted by Crippen LogP contribution is -2.23. The maximum atomic E-state index is 12.1. The van der Waals surface area contributed by atoms with Crippen LogP contribution in [0, 0.1) is 0 Å². The summed E-state index contributed by atoms with van der Waals surface area (Å²) < 4.78 is 4.63. The van der Waals surface area contributed by atoms with Gasteiger partial charge in [-0.25, -0.2) is 4.79 Å². The van der Waals surface area contributed by atoms with Gasteiger partial charge in [0, 0.05) is 6.20 Å². The molecule has 0 saturated carbocycles. The highest BCUT2D eigenvalue weighted by molar-refractivity contribution is 6.30. The molecule has 0 bridgehead atoms. The van der Waals surface area contributed by atoms with Crippen molar-refractivity contribution in [1.29, 1.82) is 0 Å². The van der Waals surface area contributed by atoms with Gasteiger partial charge >= 0.3 is 5.97 Å². The molecule has 0 saturated heterocycles. The number of aromatic nitrogens is 1. The number of methoxy groups -OCH3 is 1. The lowest BCUT2D eigenvalue weighted by atomic mass is 10.1. The van der Waals surface area contributed by atoms with Crippen LogP contribution in [0.1, 0.15) is 20.7 Å². The number of ether oxygens (including phenoxy) is 1. The standard InChI is InChI=1S/C14H11ClN2O4/c1-21-14(20)9-4-2-3-5-11(9)17-13(19)10-6-8(15)7-16-12(10)18/h2-7H,1H3,(H,16,18)(H,17,19). The molecule has 1 aromatic heterocycles. The summed E-state index contributed by atoms with van der Waals surface area (Å²) in [6, 6.07) is 7.56. The maximum Gasteiger partial charge on any atom is 0.339 e. The highest BCUT2D eigenvalue weighted by Crippen LogP contribution is 2.17. The zero-order chi connectivity index (χ0) is 15.4. The smallest absolute Gasteiger partial charge is 0.339 e. The molecule has 6 nitrogen and oxygen atoms in total. The number of halogens is 1. The number of para-hydroxylation sites is 1. The van der Waals surface area contributed by atoms with Crippen LogP contribution in [0.2, 0.25) is 5.02 Å². The number of esters is 1. The van der Waals surface area contributed by atoms with E-state index in [1.807, 2.05) is 0 Å². The molecule has 1 amide bonds. The molecule has 0 atom stereocenters. The van der Waals surface area contributed by atoms with E-state index in [4.69, 9.17) is 11.6 Å². The Hall–Kier alpha value is -2.60. The Bertz CT molecular complexity index is 755. The average Bonchev–Trinajstić information content (AvgIpc) is 2.49. The van der Waals surface area contributed by atoms with Crippen LogP contribution in [0.5, 0.6) is 0 Å². The predicted octanol–water partition coefficient (Wildman–Crippen LogP) is 2.07. The Balaban J connectivity index is 2.34.